The second-order valence-electron chi connectivity index (χ2n) is 4.52. The molecular formula is C16H16ClFO2. The zero-order valence-electron chi connectivity index (χ0n) is 11.6. The van der Waals surface area contributed by atoms with Crippen LogP contribution in [-0.4, -0.2) is 14.2 Å². The Morgan fingerprint density at radius 2 is 1.55 bits per heavy atom. The maximum atomic E-state index is 13.3. The molecule has 0 saturated carbocycles. The average molecular weight is 295 g/mol. The molecule has 0 aliphatic carbocycles. The molecule has 106 valence electrons. The highest BCUT2D eigenvalue weighted by molar-refractivity contribution is 6.22. The Morgan fingerprint density at radius 3 is 2.05 bits per heavy atom. The minimum Gasteiger partial charge on any atom is -0.497 e. The standard InChI is InChI=1S/C16H16ClFO2/c1-10-6-11(4-5-15(10)18)16(17)12-7-13(19-2)9-14(8-12)20-3/h4-9,16H,1-3H3. The first-order valence-corrected chi connectivity index (χ1v) is 6.62. The number of rotatable bonds is 4. The van der Waals surface area contributed by atoms with Gasteiger partial charge in [0.15, 0.2) is 0 Å². The molecule has 0 fully saturated rings. The van der Waals surface area contributed by atoms with Gasteiger partial charge in [-0.3, -0.25) is 0 Å². The Morgan fingerprint density at radius 1 is 0.950 bits per heavy atom. The van der Waals surface area contributed by atoms with Crippen LogP contribution in [0.3, 0.4) is 0 Å². The van der Waals surface area contributed by atoms with Gasteiger partial charge in [0.1, 0.15) is 17.3 Å². The molecule has 2 aromatic carbocycles. The van der Waals surface area contributed by atoms with Crippen molar-refractivity contribution in [1.82, 2.24) is 0 Å². The van der Waals surface area contributed by atoms with E-state index in [0.29, 0.717) is 17.1 Å². The van der Waals surface area contributed by atoms with Gasteiger partial charge in [-0.05, 0) is 41.8 Å². The van der Waals surface area contributed by atoms with E-state index in [2.05, 4.69) is 0 Å². The highest BCUT2D eigenvalue weighted by Gasteiger charge is 2.14. The van der Waals surface area contributed by atoms with Gasteiger partial charge < -0.3 is 9.47 Å². The number of benzene rings is 2. The predicted octanol–water partition coefficient (Wildman–Crippen LogP) is 4.48. The van der Waals surface area contributed by atoms with Crippen LogP contribution in [0.25, 0.3) is 0 Å². The lowest BCUT2D eigenvalue weighted by Crippen LogP contribution is -1.97. The van der Waals surface area contributed by atoms with E-state index >= 15 is 0 Å². The molecule has 0 spiro atoms. The monoisotopic (exact) mass is 294 g/mol. The molecule has 0 N–H and O–H groups in total. The van der Waals surface area contributed by atoms with Gasteiger partial charge in [-0.2, -0.15) is 0 Å². The minimum atomic E-state index is -0.390. The van der Waals surface area contributed by atoms with Crippen molar-refractivity contribution in [3.63, 3.8) is 0 Å². The Balaban J connectivity index is 2.41. The zero-order valence-corrected chi connectivity index (χ0v) is 12.4. The highest BCUT2D eigenvalue weighted by atomic mass is 35.5. The first-order chi connectivity index (χ1) is 9.55. The van der Waals surface area contributed by atoms with Crippen LogP contribution in [-0.2, 0) is 0 Å². The fourth-order valence-corrected chi connectivity index (χ4v) is 2.26. The zero-order chi connectivity index (χ0) is 14.7. The van der Waals surface area contributed by atoms with E-state index in [9.17, 15) is 4.39 Å². The van der Waals surface area contributed by atoms with E-state index in [1.807, 2.05) is 12.1 Å². The van der Waals surface area contributed by atoms with Crippen molar-refractivity contribution in [1.29, 1.82) is 0 Å². The molecule has 0 amide bonds. The molecule has 2 aromatic rings. The summed E-state index contributed by atoms with van der Waals surface area (Å²) >= 11 is 6.48. The van der Waals surface area contributed by atoms with Crippen molar-refractivity contribution in [3.8, 4) is 11.5 Å². The topological polar surface area (TPSA) is 18.5 Å². The third-order valence-electron chi connectivity index (χ3n) is 3.14. The molecule has 0 saturated heterocycles. The summed E-state index contributed by atoms with van der Waals surface area (Å²) in [5.41, 5.74) is 2.25. The highest BCUT2D eigenvalue weighted by Crippen LogP contribution is 2.34. The maximum Gasteiger partial charge on any atom is 0.126 e. The van der Waals surface area contributed by atoms with Gasteiger partial charge in [0.25, 0.3) is 0 Å². The summed E-state index contributed by atoms with van der Waals surface area (Å²) in [6, 6.07) is 10.3. The number of hydrogen-bond acceptors (Lipinski definition) is 2. The summed E-state index contributed by atoms with van der Waals surface area (Å²) in [5.74, 6) is 1.11. The van der Waals surface area contributed by atoms with E-state index < -0.39 is 5.38 Å². The molecule has 0 aromatic heterocycles. The van der Waals surface area contributed by atoms with E-state index in [1.165, 1.54) is 6.07 Å². The maximum absolute atomic E-state index is 13.3. The molecule has 0 radical (unpaired) electrons. The van der Waals surface area contributed by atoms with Crippen molar-refractivity contribution in [2.24, 2.45) is 0 Å². The molecule has 4 heteroatoms. The molecule has 0 aliphatic rings. The Bertz CT molecular complexity index is 591. The van der Waals surface area contributed by atoms with Gasteiger partial charge in [-0.25, -0.2) is 4.39 Å². The summed E-state index contributed by atoms with van der Waals surface area (Å²) in [4.78, 5) is 0. The molecule has 2 nitrogen and oxygen atoms in total. The first kappa shape index (κ1) is 14.7. The number of ether oxygens (including phenoxy) is 2. The molecule has 2 rings (SSSR count). The minimum absolute atomic E-state index is 0.235. The van der Waals surface area contributed by atoms with Crippen LogP contribution >= 0.6 is 11.6 Å². The smallest absolute Gasteiger partial charge is 0.126 e. The van der Waals surface area contributed by atoms with Crippen LogP contribution in [0, 0.1) is 12.7 Å². The van der Waals surface area contributed by atoms with Crippen molar-refractivity contribution in [2.45, 2.75) is 12.3 Å². The number of aryl methyl sites for hydroxylation is 1. The fourth-order valence-electron chi connectivity index (χ4n) is 1.99. The molecule has 20 heavy (non-hydrogen) atoms. The van der Waals surface area contributed by atoms with Gasteiger partial charge in [-0.15, -0.1) is 11.6 Å². The van der Waals surface area contributed by atoms with Gasteiger partial charge in [0.05, 0.1) is 19.6 Å². The van der Waals surface area contributed by atoms with Crippen molar-refractivity contribution in [2.75, 3.05) is 14.2 Å². The average Bonchev–Trinajstić information content (AvgIpc) is 2.48. The summed E-state index contributed by atoms with van der Waals surface area (Å²) < 4.78 is 23.8. The molecule has 1 unspecified atom stereocenters. The largest absolute Gasteiger partial charge is 0.497 e. The SMILES string of the molecule is COc1cc(OC)cc(C(Cl)c2ccc(F)c(C)c2)c1. The lowest BCUT2D eigenvalue weighted by molar-refractivity contribution is 0.393. The van der Waals surface area contributed by atoms with Crippen LogP contribution < -0.4 is 9.47 Å². The Kier molecular flexibility index (Phi) is 4.50. The van der Waals surface area contributed by atoms with E-state index in [1.54, 1.807) is 39.3 Å². The molecule has 1 atom stereocenters. The summed E-state index contributed by atoms with van der Waals surface area (Å²) in [6.45, 7) is 1.72. The third kappa shape index (κ3) is 3.05. The van der Waals surface area contributed by atoms with Gasteiger partial charge >= 0.3 is 0 Å². The van der Waals surface area contributed by atoms with Crippen LogP contribution in [0.2, 0.25) is 0 Å². The quantitative estimate of drug-likeness (QED) is 0.774. The van der Waals surface area contributed by atoms with Crippen molar-refractivity contribution >= 4 is 11.6 Å². The number of methoxy groups -OCH3 is 2. The summed E-state index contributed by atoms with van der Waals surface area (Å²) in [5, 5.41) is -0.390. The number of halogens is 2. The molecule has 0 aliphatic heterocycles. The summed E-state index contributed by atoms with van der Waals surface area (Å²) in [6.07, 6.45) is 0. The Labute approximate surface area is 123 Å². The second kappa shape index (κ2) is 6.14. The van der Waals surface area contributed by atoms with Crippen LogP contribution in [0.4, 0.5) is 4.39 Å². The van der Waals surface area contributed by atoms with Crippen LogP contribution in [0.15, 0.2) is 36.4 Å². The molecular weight excluding hydrogens is 279 g/mol. The van der Waals surface area contributed by atoms with Gasteiger partial charge in [0, 0.05) is 6.07 Å². The number of alkyl halides is 1. The normalized spacial score (nSPS) is 12.1. The summed E-state index contributed by atoms with van der Waals surface area (Å²) in [7, 11) is 3.17. The van der Waals surface area contributed by atoms with E-state index in [-0.39, 0.29) is 5.82 Å². The lowest BCUT2D eigenvalue weighted by Gasteiger charge is -2.14. The van der Waals surface area contributed by atoms with Crippen LogP contribution in [0.1, 0.15) is 22.1 Å². The van der Waals surface area contributed by atoms with E-state index in [0.717, 1.165) is 11.1 Å². The van der Waals surface area contributed by atoms with Crippen LogP contribution in [0.5, 0.6) is 11.5 Å². The molecule has 0 bridgehead atoms. The fraction of sp³-hybridized carbons (Fsp3) is 0.250. The van der Waals surface area contributed by atoms with Crippen molar-refractivity contribution < 1.29 is 13.9 Å². The van der Waals surface area contributed by atoms with Gasteiger partial charge in [-0.1, -0.05) is 12.1 Å². The second-order valence-corrected chi connectivity index (χ2v) is 4.95. The van der Waals surface area contributed by atoms with Gasteiger partial charge in [0.2, 0.25) is 0 Å². The Hall–Kier alpha value is -1.74. The third-order valence-corrected chi connectivity index (χ3v) is 3.65. The van der Waals surface area contributed by atoms with E-state index in [4.69, 9.17) is 21.1 Å². The predicted molar refractivity (Wildman–Crippen MR) is 78.4 cm³/mol. The van der Waals surface area contributed by atoms with Crippen molar-refractivity contribution in [3.05, 3.63) is 58.9 Å². The molecule has 0 heterocycles. The number of hydrogen-bond donors (Lipinski definition) is 0. The lowest BCUT2D eigenvalue weighted by atomic mass is 10.0. The first-order valence-electron chi connectivity index (χ1n) is 6.18.